The molecular formula is C6H14KNO2. The van der Waals surface area contributed by atoms with Gasteiger partial charge in [-0.05, 0) is 12.3 Å². The molecule has 0 saturated heterocycles. The van der Waals surface area contributed by atoms with E-state index < -0.39 is 12.0 Å². The molecule has 56 valence electrons. The molecule has 0 aliphatic carbocycles. The molecule has 0 amide bonds. The summed E-state index contributed by atoms with van der Waals surface area (Å²) in [5, 5.41) is 8.31. The molecule has 0 bridgehead atoms. The Bertz CT molecular complexity index is 106. The second-order valence-corrected chi connectivity index (χ2v) is 2.57. The Morgan fingerprint density at radius 3 is 2.10 bits per heavy atom. The van der Waals surface area contributed by atoms with Crippen molar-refractivity contribution < 1.29 is 9.90 Å². The minimum absolute atomic E-state index is 0. The molecule has 0 aliphatic heterocycles. The van der Waals surface area contributed by atoms with E-state index >= 15 is 0 Å². The standard InChI is InChI=1S/C6H13NO2.K.H/c1-4(2)3-5(7)6(8)9;;/h4-5H,3,7H2,1-2H3,(H,8,9);;/t5-;;/m0../s1. The van der Waals surface area contributed by atoms with Crippen molar-refractivity contribution in [1.82, 2.24) is 0 Å². The van der Waals surface area contributed by atoms with Crippen molar-refractivity contribution in [2.45, 2.75) is 26.3 Å². The van der Waals surface area contributed by atoms with E-state index in [0.29, 0.717) is 12.3 Å². The molecule has 1 atom stereocenters. The number of carboxylic acid groups (broad SMARTS) is 1. The first-order valence-corrected chi connectivity index (χ1v) is 3.02. The molecule has 3 N–H and O–H groups in total. The van der Waals surface area contributed by atoms with E-state index in [9.17, 15) is 4.79 Å². The molecule has 0 rings (SSSR count). The predicted octanol–water partition coefficient (Wildman–Crippen LogP) is -0.204. The Labute approximate surface area is 104 Å². The first-order chi connectivity index (χ1) is 4.04. The third-order valence-electron chi connectivity index (χ3n) is 1.04. The van der Waals surface area contributed by atoms with Crippen molar-refractivity contribution in [3.63, 3.8) is 0 Å². The van der Waals surface area contributed by atoms with Crippen LogP contribution >= 0.6 is 0 Å². The zero-order valence-electron chi connectivity index (χ0n) is 5.79. The van der Waals surface area contributed by atoms with Gasteiger partial charge in [0.25, 0.3) is 0 Å². The van der Waals surface area contributed by atoms with Gasteiger partial charge in [-0.1, -0.05) is 13.8 Å². The first-order valence-electron chi connectivity index (χ1n) is 3.02. The van der Waals surface area contributed by atoms with Gasteiger partial charge in [0.1, 0.15) is 6.04 Å². The van der Waals surface area contributed by atoms with Crippen LogP contribution in [0.2, 0.25) is 0 Å². The average molecular weight is 171 g/mol. The van der Waals surface area contributed by atoms with Crippen LogP contribution in [0.25, 0.3) is 0 Å². The molecule has 3 nitrogen and oxygen atoms in total. The predicted molar refractivity (Wildman–Crippen MR) is 42.2 cm³/mol. The van der Waals surface area contributed by atoms with Crippen molar-refractivity contribution in [2.75, 3.05) is 0 Å². The SMILES string of the molecule is CC(C)C[C@H](N)C(=O)O.[KH]. The van der Waals surface area contributed by atoms with E-state index in [1.807, 2.05) is 13.8 Å². The molecule has 0 fully saturated rings. The van der Waals surface area contributed by atoms with Gasteiger partial charge in [-0.15, -0.1) is 0 Å². The molecule has 0 spiro atoms. The normalized spacial score (nSPS) is 12.4. The molecular weight excluding hydrogens is 157 g/mol. The Kier molecular flexibility index (Phi) is 9.22. The number of rotatable bonds is 3. The monoisotopic (exact) mass is 171 g/mol. The average Bonchev–Trinajstić information content (AvgIpc) is 1.63. The summed E-state index contributed by atoms with van der Waals surface area (Å²) in [6.45, 7) is 3.89. The Balaban J connectivity index is 0. The summed E-state index contributed by atoms with van der Waals surface area (Å²) in [5.74, 6) is -0.556. The van der Waals surface area contributed by atoms with Crippen molar-refractivity contribution in [2.24, 2.45) is 11.7 Å². The van der Waals surface area contributed by atoms with Crippen LogP contribution in [0.1, 0.15) is 20.3 Å². The van der Waals surface area contributed by atoms with Crippen LogP contribution in [0, 0.1) is 5.92 Å². The van der Waals surface area contributed by atoms with Gasteiger partial charge < -0.3 is 10.8 Å². The van der Waals surface area contributed by atoms with Crippen molar-refractivity contribution >= 4 is 57.4 Å². The van der Waals surface area contributed by atoms with Crippen LogP contribution in [0.15, 0.2) is 0 Å². The van der Waals surface area contributed by atoms with Crippen molar-refractivity contribution in [3.8, 4) is 0 Å². The Hall–Kier alpha value is 1.07. The van der Waals surface area contributed by atoms with E-state index in [-0.39, 0.29) is 51.4 Å². The third kappa shape index (κ3) is 7.18. The fraction of sp³-hybridized carbons (Fsp3) is 0.833. The van der Waals surface area contributed by atoms with Gasteiger partial charge in [0.2, 0.25) is 0 Å². The Morgan fingerprint density at radius 2 is 2.00 bits per heavy atom. The van der Waals surface area contributed by atoms with Gasteiger partial charge in [0.05, 0.1) is 0 Å². The zero-order valence-corrected chi connectivity index (χ0v) is 5.79. The molecule has 4 heteroatoms. The van der Waals surface area contributed by atoms with Gasteiger partial charge in [0.15, 0.2) is 0 Å². The quantitative estimate of drug-likeness (QED) is 0.578. The molecule has 0 unspecified atom stereocenters. The maximum absolute atomic E-state index is 10.1. The van der Waals surface area contributed by atoms with Crippen LogP contribution in [0.3, 0.4) is 0 Å². The molecule has 0 radical (unpaired) electrons. The summed E-state index contributed by atoms with van der Waals surface area (Å²) in [4.78, 5) is 10.1. The zero-order chi connectivity index (χ0) is 7.44. The van der Waals surface area contributed by atoms with Gasteiger partial charge in [-0.2, -0.15) is 0 Å². The Morgan fingerprint density at radius 1 is 1.60 bits per heavy atom. The van der Waals surface area contributed by atoms with E-state index in [1.54, 1.807) is 0 Å². The minimum atomic E-state index is -0.913. The van der Waals surface area contributed by atoms with E-state index in [4.69, 9.17) is 10.8 Å². The van der Waals surface area contributed by atoms with Gasteiger partial charge in [0, 0.05) is 0 Å². The molecule has 0 aromatic rings. The topological polar surface area (TPSA) is 63.3 Å². The number of nitrogens with two attached hydrogens (primary N) is 1. The van der Waals surface area contributed by atoms with Crippen LogP contribution < -0.4 is 5.73 Å². The second kappa shape index (κ2) is 6.76. The molecule has 0 aromatic carbocycles. The summed E-state index contributed by atoms with van der Waals surface area (Å²) < 4.78 is 0. The number of aliphatic carboxylic acids is 1. The van der Waals surface area contributed by atoms with Crippen LogP contribution in [-0.4, -0.2) is 68.5 Å². The van der Waals surface area contributed by atoms with Crippen LogP contribution in [-0.2, 0) is 4.79 Å². The fourth-order valence-electron chi connectivity index (χ4n) is 0.609. The van der Waals surface area contributed by atoms with Gasteiger partial charge in [-0.3, -0.25) is 4.79 Å². The first kappa shape index (κ1) is 13.6. The maximum atomic E-state index is 10.1. The fourth-order valence-corrected chi connectivity index (χ4v) is 0.609. The summed E-state index contributed by atoms with van der Waals surface area (Å²) >= 11 is 0. The summed E-state index contributed by atoms with van der Waals surface area (Å²) in [6, 6.07) is -0.690. The molecule has 0 saturated carbocycles. The second-order valence-electron chi connectivity index (χ2n) is 2.57. The van der Waals surface area contributed by atoms with Gasteiger partial charge in [-0.25, -0.2) is 0 Å². The number of carbonyl (C=O) groups is 1. The summed E-state index contributed by atoms with van der Waals surface area (Å²) in [6.07, 6.45) is 0.551. The van der Waals surface area contributed by atoms with Crippen LogP contribution in [0.4, 0.5) is 0 Å². The third-order valence-corrected chi connectivity index (χ3v) is 1.04. The molecule has 10 heavy (non-hydrogen) atoms. The number of hydrogen-bond acceptors (Lipinski definition) is 2. The molecule has 0 aromatic heterocycles. The van der Waals surface area contributed by atoms with Crippen molar-refractivity contribution in [3.05, 3.63) is 0 Å². The molecule has 0 aliphatic rings. The van der Waals surface area contributed by atoms with Gasteiger partial charge >= 0.3 is 57.4 Å². The van der Waals surface area contributed by atoms with E-state index in [2.05, 4.69) is 0 Å². The van der Waals surface area contributed by atoms with Crippen molar-refractivity contribution in [1.29, 1.82) is 0 Å². The van der Waals surface area contributed by atoms with E-state index in [0.717, 1.165) is 0 Å². The van der Waals surface area contributed by atoms with E-state index in [1.165, 1.54) is 0 Å². The number of hydrogen-bond donors (Lipinski definition) is 2. The van der Waals surface area contributed by atoms with Crippen LogP contribution in [0.5, 0.6) is 0 Å². The number of carboxylic acids is 1. The molecule has 0 heterocycles. The summed E-state index contributed by atoms with van der Waals surface area (Å²) in [7, 11) is 0. The summed E-state index contributed by atoms with van der Waals surface area (Å²) in [5.41, 5.74) is 5.22.